The van der Waals surface area contributed by atoms with E-state index in [4.69, 9.17) is 5.73 Å². The van der Waals surface area contributed by atoms with Crippen LogP contribution in [0.5, 0.6) is 0 Å². The molecule has 9 heteroatoms. The second kappa shape index (κ2) is 5.88. The lowest BCUT2D eigenvalue weighted by atomic mass is 10.2. The minimum atomic E-state index is -4.70. The molecule has 2 rings (SSSR count). The van der Waals surface area contributed by atoms with Crippen molar-refractivity contribution in [3.05, 3.63) is 29.8 Å². The van der Waals surface area contributed by atoms with Gasteiger partial charge in [-0.05, 0) is 18.6 Å². The summed E-state index contributed by atoms with van der Waals surface area (Å²) in [4.78, 5) is -0.711. The van der Waals surface area contributed by atoms with Crippen molar-refractivity contribution < 1.29 is 21.6 Å². The molecule has 1 heterocycles. The van der Waals surface area contributed by atoms with Crippen LogP contribution in [-0.4, -0.2) is 31.9 Å². The molecule has 0 saturated carbocycles. The summed E-state index contributed by atoms with van der Waals surface area (Å²) < 4.78 is 63.9. The molecule has 2 N–H and O–H groups in total. The van der Waals surface area contributed by atoms with E-state index in [1.54, 1.807) is 0 Å². The Morgan fingerprint density at radius 1 is 1.25 bits per heavy atom. The standard InChI is InChI=1S/C11H13F3N2O2S.ClH/c12-11(13,14)9-3-1-2-4-10(9)19(17,18)16-6-5-8(15)7-16;/h1-4,8H,5-7,15H2;1H. The highest BCUT2D eigenvalue weighted by Gasteiger charge is 2.40. The Bertz CT molecular complexity index is 577. The molecule has 0 aromatic heterocycles. The Balaban J connectivity index is 0.00000200. The molecule has 1 aromatic rings. The van der Waals surface area contributed by atoms with Gasteiger partial charge in [0.25, 0.3) is 0 Å². The number of rotatable bonds is 2. The van der Waals surface area contributed by atoms with Crippen LogP contribution in [0, 0.1) is 0 Å². The second-order valence-electron chi connectivity index (χ2n) is 4.41. The minimum Gasteiger partial charge on any atom is -0.326 e. The molecule has 1 saturated heterocycles. The average molecular weight is 331 g/mol. The molecule has 1 unspecified atom stereocenters. The van der Waals surface area contributed by atoms with Gasteiger partial charge in [0.2, 0.25) is 10.0 Å². The fourth-order valence-corrected chi connectivity index (χ4v) is 3.76. The Morgan fingerprint density at radius 2 is 1.85 bits per heavy atom. The van der Waals surface area contributed by atoms with E-state index in [1.165, 1.54) is 6.07 Å². The van der Waals surface area contributed by atoms with Crippen LogP contribution in [0.2, 0.25) is 0 Å². The molecular weight excluding hydrogens is 317 g/mol. The van der Waals surface area contributed by atoms with Gasteiger partial charge in [-0.1, -0.05) is 12.1 Å². The highest BCUT2D eigenvalue weighted by atomic mass is 35.5. The predicted molar refractivity (Wildman–Crippen MR) is 70.0 cm³/mol. The van der Waals surface area contributed by atoms with Crippen molar-refractivity contribution in [2.45, 2.75) is 23.5 Å². The highest BCUT2D eigenvalue weighted by molar-refractivity contribution is 7.89. The van der Waals surface area contributed by atoms with E-state index in [0.29, 0.717) is 6.42 Å². The van der Waals surface area contributed by atoms with Gasteiger partial charge in [-0.3, -0.25) is 0 Å². The number of sulfonamides is 1. The van der Waals surface area contributed by atoms with E-state index in [0.717, 1.165) is 22.5 Å². The van der Waals surface area contributed by atoms with E-state index < -0.39 is 26.7 Å². The number of alkyl halides is 3. The van der Waals surface area contributed by atoms with E-state index >= 15 is 0 Å². The smallest absolute Gasteiger partial charge is 0.326 e. The highest BCUT2D eigenvalue weighted by Crippen LogP contribution is 2.35. The summed E-state index contributed by atoms with van der Waals surface area (Å²) in [6, 6.07) is 3.86. The van der Waals surface area contributed by atoms with E-state index in [1.807, 2.05) is 0 Å². The molecule has 0 spiro atoms. The fraction of sp³-hybridized carbons (Fsp3) is 0.455. The summed E-state index contributed by atoms with van der Waals surface area (Å²) in [6.45, 7) is 0.199. The van der Waals surface area contributed by atoms with Crippen LogP contribution in [0.4, 0.5) is 13.2 Å². The van der Waals surface area contributed by atoms with Crippen LogP contribution in [0.15, 0.2) is 29.2 Å². The van der Waals surface area contributed by atoms with E-state index in [9.17, 15) is 21.6 Å². The van der Waals surface area contributed by atoms with Gasteiger partial charge < -0.3 is 5.73 Å². The monoisotopic (exact) mass is 330 g/mol. The maximum absolute atomic E-state index is 12.8. The zero-order chi connectivity index (χ0) is 14.3. The Morgan fingerprint density at radius 3 is 2.35 bits per heavy atom. The summed E-state index contributed by atoms with van der Waals surface area (Å²) in [6.07, 6.45) is -4.25. The van der Waals surface area contributed by atoms with Gasteiger partial charge in [-0.2, -0.15) is 17.5 Å². The van der Waals surface area contributed by atoms with Crippen molar-refractivity contribution in [2.24, 2.45) is 5.73 Å². The third-order valence-electron chi connectivity index (χ3n) is 3.00. The first-order valence-corrected chi connectivity index (χ1v) is 7.09. The average Bonchev–Trinajstić information content (AvgIpc) is 2.75. The fourth-order valence-electron chi connectivity index (χ4n) is 2.04. The molecular formula is C11H14ClF3N2O2S. The first-order chi connectivity index (χ1) is 8.73. The van der Waals surface area contributed by atoms with Gasteiger partial charge in [0.05, 0.1) is 10.5 Å². The van der Waals surface area contributed by atoms with Crippen LogP contribution in [-0.2, 0) is 16.2 Å². The quantitative estimate of drug-likeness (QED) is 0.900. The summed E-state index contributed by atoms with van der Waals surface area (Å²) >= 11 is 0. The summed E-state index contributed by atoms with van der Waals surface area (Å²) in [5.41, 5.74) is 4.45. The normalized spacial score (nSPS) is 20.7. The van der Waals surface area contributed by atoms with Crippen LogP contribution in [0.25, 0.3) is 0 Å². The van der Waals surface area contributed by atoms with Gasteiger partial charge in [0.1, 0.15) is 0 Å². The minimum absolute atomic E-state index is 0. The number of hydrogen-bond donors (Lipinski definition) is 1. The lowest BCUT2D eigenvalue weighted by molar-refractivity contribution is -0.139. The van der Waals surface area contributed by atoms with Gasteiger partial charge in [-0.15, -0.1) is 12.4 Å². The lowest BCUT2D eigenvalue weighted by Gasteiger charge is -2.19. The zero-order valence-corrected chi connectivity index (χ0v) is 11.9. The molecule has 4 nitrogen and oxygen atoms in total. The first kappa shape index (κ1) is 17.2. The van der Waals surface area contributed by atoms with Gasteiger partial charge in [0, 0.05) is 19.1 Å². The summed E-state index contributed by atoms with van der Waals surface area (Å²) in [7, 11) is -4.15. The van der Waals surface area contributed by atoms with Crippen molar-refractivity contribution in [1.29, 1.82) is 0 Å². The maximum Gasteiger partial charge on any atom is 0.417 e. The summed E-state index contributed by atoms with van der Waals surface area (Å²) in [5, 5.41) is 0. The zero-order valence-electron chi connectivity index (χ0n) is 10.3. The van der Waals surface area contributed by atoms with Crippen molar-refractivity contribution in [3.63, 3.8) is 0 Å². The molecule has 1 aromatic carbocycles. The van der Waals surface area contributed by atoms with Crippen molar-refractivity contribution in [3.8, 4) is 0 Å². The van der Waals surface area contributed by atoms with E-state index in [-0.39, 0.29) is 31.5 Å². The molecule has 20 heavy (non-hydrogen) atoms. The number of hydrogen-bond acceptors (Lipinski definition) is 3. The SMILES string of the molecule is Cl.NC1CCN(S(=O)(=O)c2ccccc2C(F)(F)F)C1. The van der Waals surface area contributed by atoms with Crippen molar-refractivity contribution in [2.75, 3.05) is 13.1 Å². The van der Waals surface area contributed by atoms with Gasteiger partial charge in [-0.25, -0.2) is 8.42 Å². The molecule has 0 radical (unpaired) electrons. The Kier molecular flexibility index (Phi) is 5.07. The molecule has 1 fully saturated rings. The third-order valence-corrected chi connectivity index (χ3v) is 4.92. The van der Waals surface area contributed by atoms with Crippen molar-refractivity contribution in [1.82, 2.24) is 4.31 Å². The molecule has 1 aliphatic rings. The van der Waals surface area contributed by atoms with Gasteiger partial charge >= 0.3 is 6.18 Å². The third kappa shape index (κ3) is 3.25. The Hall–Kier alpha value is -0.830. The number of nitrogens with zero attached hydrogens (tertiary/aromatic N) is 1. The predicted octanol–water partition coefficient (Wildman–Crippen LogP) is 1.85. The topological polar surface area (TPSA) is 63.4 Å². The molecule has 114 valence electrons. The lowest BCUT2D eigenvalue weighted by Crippen LogP contribution is -2.33. The molecule has 0 bridgehead atoms. The number of benzene rings is 1. The summed E-state index contributed by atoms with van der Waals surface area (Å²) in [5.74, 6) is 0. The Labute approximate surface area is 121 Å². The molecule has 0 aliphatic carbocycles. The molecule has 1 aliphatic heterocycles. The number of nitrogens with two attached hydrogens (primary N) is 1. The largest absolute Gasteiger partial charge is 0.417 e. The van der Waals surface area contributed by atoms with Gasteiger partial charge in [0.15, 0.2) is 0 Å². The van der Waals surface area contributed by atoms with Crippen LogP contribution < -0.4 is 5.73 Å². The number of halogens is 4. The first-order valence-electron chi connectivity index (χ1n) is 5.65. The van der Waals surface area contributed by atoms with E-state index in [2.05, 4.69) is 0 Å². The maximum atomic E-state index is 12.8. The van der Waals surface area contributed by atoms with Crippen LogP contribution in [0.1, 0.15) is 12.0 Å². The second-order valence-corrected chi connectivity index (χ2v) is 6.31. The van der Waals surface area contributed by atoms with Crippen LogP contribution in [0.3, 0.4) is 0 Å². The molecule has 1 atom stereocenters. The van der Waals surface area contributed by atoms with Crippen molar-refractivity contribution >= 4 is 22.4 Å². The van der Waals surface area contributed by atoms with Crippen LogP contribution >= 0.6 is 12.4 Å². The molecule has 0 amide bonds.